The minimum absolute atomic E-state index is 0.148. The maximum absolute atomic E-state index is 12.8. The smallest absolute Gasteiger partial charge is 0.306 e. The van der Waals surface area contributed by atoms with Crippen molar-refractivity contribution >= 4 is 11.9 Å². The summed E-state index contributed by atoms with van der Waals surface area (Å²) in [4.78, 5) is 25.3. The van der Waals surface area contributed by atoms with Crippen molar-refractivity contribution in [2.24, 2.45) is 0 Å². The lowest BCUT2D eigenvalue weighted by Crippen LogP contribution is -2.59. The topological polar surface area (TPSA) is 152 Å². The second-order valence-electron chi connectivity index (χ2n) is 15.5. The van der Waals surface area contributed by atoms with Crippen molar-refractivity contribution in [3.63, 3.8) is 0 Å². The van der Waals surface area contributed by atoms with Gasteiger partial charge in [0.25, 0.3) is 0 Å². The van der Waals surface area contributed by atoms with Crippen LogP contribution in [0.15, 0.2) is 72.9 Å². The molecule has 1 aliphatic rings. The highest BCUT2D eigenvalue weighted by Crippen LogP contribution is 2.22. The van der Waals surface area contributed by atoms with E-state index in [1.54, 1.807) is 0 Å². The summed E-state index contributed by atoms with van der Waals surface area (Å²) < 4.78 is 22.1. The van der Waals surface area contributed by atoms with Crippen molar-refractivity contribution in [3.05, 3.63) is 72.9 Å². The molecule has 2 unspecified atom stereocenters. The fourth-order valence-electron chi connectivity index (χ4n) is 6.45. The zero-order valence-electron chi connectivity index (χ0n) is 36.7. The third-order valence-corrected chi connectivity index (χ3v) is 10.1. The lowest BCUT2D eigenvalue weighted by atomic mass is 9.99. The molecule has 10 heteroatoms. The van der Waals surface area contributed by atoms with Gasteiger partial charge in [0.15, 0.2) is 12.4 Å². The third kappa shape index (κ3) is 30.8. The SMILES string of the molecule is CC/C=C/C/C=C/C/C=C/C/C=C/C/C=C/CCCC(=O)O[C@@H](COC(=O)CCCCCCCCC/C=C/CCCCCCCC)CO[C@H]1O[C@@H](CO)[C@@H](O)C(O)C1O. The zero-order valence-corrected chi connectivity index (χ0v) is 36.7. The summed E-state index contributed by atoms with van der Waals surface area (Å²) in [7, 11) is 0. The van der Waals surface area contributed by atoms with E-state index >= 15 is 0 Å². The van der Waals surface area contributed by atoms with E-state index in [2.05, 4.69) is 80.7 Å². The Morgan fingerprint density at radius 3 is 1.58 bits per heavy atom. The zero-order chi connectivity index (χ0) is 43.0. The molecule has 338 valence electrons. The van der Waals surface area contributed by atoms with Crippen molar-refractivity contribution in [2.75, 3.05) is 19.8 Å². The molecular weight excluding hydrogens is 749 g/mol. The van der Waals surface area contributed by atoms with E-state index in [9.17, 15) is 30.0 Å². The number of carbonyl (C=O) groups excluding carboxylic acids is 2. The first-order valence-electron chi connectivity index (χ1n) is 23.0. The molecule has 0 spiro atoms. The lowest BCUT2D eigenvalue weighted by Gasteiger charge is -2.39. The number of hydrogen-bond donors (Lipinski definition) is 4. The minimum atomic E-state index is -1.61. The molecular formula is C49H82O10. The molecule has 59 heavy (non-hydrogen) atoms. The summed E-state index contributed by atoms with van der Waals surface area (Å²) in [6.07, 6.45) is 42.0. The number of allylic oxidation sites excluding steroid dienone is 12. The number of esters is 2. The number of aliphatic hydroxyl groups is 4. The van der Waals surface area contributed by atoms with E-state index in [1.807, 2.05) is 6.08 Å². The van der Waals surface area contributed by atoms with Gasteiger partial charge in [-0.3, -0.25) is 9.59 Å². The largest absolute Gasteiger partial charge is 0.462 e. The van der Waals surface area contributed by atoms with Crippen LogP contribution >= 0.6 is 0 Å². The Bertz CT molecular complexity index is 1190. The van der Waals surface area contributed by atoms with Crippen LogP contribution in [0, 0.1) is 0 Å². The molecule has 1 heterocycles. The number of unbranched alkanes of at least 4 members (excludes halogenated alkanes) is 14. The van der Waals surface area contributed by atoms with E-state index in [0.29, 0.717) is 19.3 Å². The van der Waals surface area contributed by atoms with Gasteiger partial charge in [0.05, 0.1) is 13.2 Å². The van der Waals surface area contributed by atoms with E-state index in [0.717, 1.165) is 57.8 Å². The molecule has 0 radical (unpaired) electrons. The summed E-state index contributed by atoms with van der Waals surface area (Å²) in [5, 5.41) is 40.1. The van der Waals surface area contributed by atoms with Gasteiger partial charge in [-0.25, -0.2) is 0 Å². The molecule has 0 aromatic carbocycles. The van der Waals surface area contributed by atoms with Crippen LogP contribution in [0.5, 0.6) is 0 Å². The average molecular weight is 831 g/mol. The average Bonchev–Trinajstić information content (AvgIpc) is 3.23. The Kier molecular flexibility index (Phi) is 36.1. The van der Waals surface area contributed by atoms with Gasteiger partial charge in [0.2, 0.25) is 0 Å². The summed E-state index contributed by atoms with van der Waals surface area (Å²) >= 11 is 0. The standard InChI is InChI=1S/C49H82O10/c1-3-5-7-9-11-13-15-17-19-21-23-25-27-29-31-33-35-37-44(51)56-40-42(41-57-49-48(55)47(54)46(53)43(39-50)59-49)58-45(52)38-36-34-32-30-28-26-24-22-20-18-16-14-12-10-8-6-4-2/h6,8,12,14,17-20,24,26,30,32,42-43,46-50,53-55H,3-5,7,9-11,13,15-16,21-23,25,27-29,31,33-41H2,1-2H3/b8-6+,14-12+,19-17+,20-18+,26-24+,32-30+/t42-,43-,46+,47?,48?,49-/m0/s1. The molecule has 0 aromatic rings. The van der Waals surface area contributed by atoms with Gasteiger partial charge in [-0.2, -0.15) is 0 Å². The molecule has 1 saturated heterocycles. The molecule has 4 N–H and O–H groups in total. The van der Waals surface area contributed by atoms with Gasteiger partial charge in [0.1, 0.15) is 31.0 Å². The van der Waals surface area contributed by atoms with E-state index in [1.165, 1.54) is 64.2 Å². The van der Waals surface area contributed by atoms with Gasteiger partial charge >= 0.3 is 11.9 Å². The quantitative estimate of drug-likeness (QED) is 0.0271. The number of ether oxygens (including phenoxy) is 4. The molecule has 0 amide bonds. The molecule has 6 atom stereocenters. The van der Waals surface area contributed by atoms with Crippen molar-refractivity contribution < 1.29 is 49.0 Å². The number of carbonyl (C=O) groups is 2. The third-order valence-electron chi connectivity index (χ3n) is 10.1. The Morgan fingerprint density at radius 2 is 1.02 bits per heavy atom. The van der Waals surface area contributed by atoms with Gasteiger partial charge < -0.3 is 39.4 Å². The Balaban J connectivity index is 2.37. The molecule has 1 rings (SSSR count). The first kappa shape index (κ1) is 54.2. The van der Waals surface area contributed by atoms with Crippen LogP contribution in [-0.2, 0) is 28.5 Å². The van der Waals surface area contributed by atoms with Gasteiger partial charge in [-0.1, -0.05) is 151 Å². The lowest BCUT2D eigenvalue weighted by molar-refractivity contribution is -0.305. The van der Waals surface area contributed by atoms with Crippen LogP contribution in [0.4, 0.5) is 0 Å². The molecule has 1 aliphatic heterocycles. The Labute approximate surface area is 357 Å². The second-order valence-corrected chi connectivity index (χ2v) is 15.5. The predicted octanol–water partition coefficient (Wildman–Crippen LogP) is 10.00. The highest BCUT2D eigenvalue weighted by Gasteiger charge is 2.44. The molecule has 10 nitrogen and oxygen atoms in total. The highest BCUT2D eigenvalue weighted by atomic mass is 16.7. The van der Waals surface area contributed by atoms with Crippen LogP contribution in [0.25, 0.3) is 0 Å². The monoisotopic (exact) mass is 831 g/mol. The van der Waals surface area contributed by atoms with Crippen molar-refractivity contribution in [1.82, 2.24) is 0 Å². The van der Waals surface area contributed by atoms with Crippen LogP contribution in [0.1, 0.15) is 168 Å². The van der Waals surface area contributed by atoms with E-state index < -0.39 is 55.4 Å². The molecule has 0 saturated carbocycles. The number of aliphatic hydroxyl groups excluding tert-OH is 4. The summed E-state index contributed by atoms with van der Waals surface area (Å²) in [6, 6.07) is 0. The fourth-order valence-corrected chi connectivity index (χ4v) is 6.45. The highest BCUT2D eigenvalue weighted by molar-refractivity contribution is 5.70. The summed E-state index contributed by atoms with van der Waals surface area (Å²) in [6.45, 7) is 3.24. The maximum atomic E-state index is 12.8. The number of rotatable bonds is 37. The van der Waals surface area contributed by atoms with Gasteiger partial charge in [-0.05, 0) is 77.0 Å². The van der Waals surface area contributed by atoms with Crippen LogP contribution in [0.3, 0.4) is 0 Å². The predicted molar refractivity (Wildman–Crippen MR) is 238 cm³/mol. The van der Waals surface area contributed by atoms with Gasteiger partial charge in [0, 0.05) is 12.8 Å². The summed E-state index contributed by atoms with van der Waals surface area (Å²) in [5.41, 5.74) is 0. The van der Waals surface area contributed by atoms with Crippen molar-refractivity contribution in [2.45, 2.75) is 205 Å². The van der Waals surface area contributed by atoms with E-state index in [-0.39, 0.29) is 26.1 Å². The Morgan fingerprint density at radius 1 is 0.542 bits per heavy atom. The second kappa shape index (κ2) is 39.3. The first-order valence-corrected chi connectivity index (χ1v) is 23.0. The molecule has 1 fully saturated rings. The molecule has 0 aromatic heterocycles. The maximum Gasteiger partial charge on any atom is 0.306 e. The fraction of sp³-hybridized carbons (Fsp3) is 0.714. The summed E-state index contributed by atoms with van der Waals surface area (Å²) in [5.74, 6) is -0.884. The van der Waals surface area contributed by atoms with Crippen molar-refractivity contribution in [3.8, 4) is 0 Å². The van der Waals surface area contributed by atoms with Crippen LogP contribution < -0.4 is 0 Å². The van der Waals surface area contributed by atoms with Gasteiger partial charge in [-0.15, -0.1) is 0 Å². The normalized spacial score (nSPS) is 20.7. The number of hydrogen-bond acceptors (Lipinski definition) is 10. The molecule has 0 aliphatic carbocycles. The first-order chi connectivity index (χ1) is 28.8. The van der Waals surface area contributed by atoms with E-state index in [4.69, 9.17) is 18.9 Å². The minimum Gasteiger partial charge on any atom is -0.462 e. The van der Waals surface area contributed by atoms with Crippen LogP contribution in [0.2, 0.25) is 0 Å². The van der Waals surface area contributed by atoms with Crippen molar-refractivity contribution in [1.29, 1.82) is 0 Å². The van der Waals surface area contributed by atoms with Crippen LogP contribution in [-0.4, -0.2) is 89.0 Å². The molecule has 0 bridgehead atoms. The Hall–Kier alpha value is -2.86.